The molecule has 82 valence electrons. The molecule has 2 heterocycles. The first kappa shape index (κ1) is 10.5. The standard InChI is InChI=1S/C10H14ClN3O/c1-6(2)8-4-9(13-12-8)14-5-7(11)3-10(14)15/h4,6-7H,3,5H2,1-2H3,(H,12,13). The molecule has 1 aliphatic heterocycles. The third-order valence-corrected chi connectivity index (χ3v) is 2.85. The van der Waals surface area contributed by atoms with Gasteiger partial charge in [-0.3, -0.25) is 14.8 Å². The van der Waals surface area contributed by atoms with Crippen LogP contribution >= 0.6 is 11.6 Å². The molecule has 1 aliphatic rings. The number of amides is 1. The largest absolute Gasteiger partial charge is 0.294 e. The van der Waals surface area contributed by atoms with E-state index in [9.17, 15) is 4.79 Å². The minimum atomic E-state index is -0.0864. The Hall–Kier alpha value is -1.03. The van der Waals surface area contributed by atoms with Gasteiger partial charge in [0.15, 0.2) is 5.82 Å². The van der Waals surface area contributed by atoms with E-state index >= 15 is 0 Å². The molecule has 1 atom stereocenters. The van der Waals surface area contributed by atoms with Gasteiger partial charge in [0, 0.05) is 24.7 Å². The highest BCUT2D eigenvalue weighted by Gasteiger charge is 2.30. The first-order chi connectivity index (χ1) is 7.08. The highest BCUT2D eigenvalue weighted by molar-refractivity contribution is 6.24. The van der Waals surface area contributed by atoms with Gasteiger partial charge in [-0.05, 0) is 5.92 Å². The summed E-state index contributed by atoms with van der Waals surface area (Å²) in [6.45, 7) is 4.71. The summed E-state index contributed by atoms with van der Waals surface area (Å²) in [5, 5.41) is 6.97. The molecule has 1 saturated heterocycles. The number of anilines is 1. The van der Waals surface area contributed by atoms with Crippen molar-refractivity contribution in [3.63, 3.8) is 0 Å². The summed E-state index contributed by atoms with van der Waals surface area (Å²) in [4.78, 5) is 13.2. The second-order valence-electron chi connectivity index (χ2n) is 4.14. The van der Waals surface area contributed by atoms with Crippen LogP contribution in [0.25, 0.3) is 0 Å². The lowest BCUT2D eigenvalue weighted by Gasteiger charge is -2.10. The van der Waals surface area contributed by atoms with Crippen molar-refractivity contribution in [3.8, 4) is 0 Å². The van der Waals surface area contributed by atoms with Crippen LogP contribution in [0.2, 0.25) is 0 Å². The molecule has 1 aromatic rings. The molecule has 1 unspecified atom stereocenters. The zero-order chi connectivity index (χ0) is 11.0. The number of hydrogen-bond donors (Lipinski definition) is 1. The van der Waals surface area contributed by atoms with Crippen molar-refractivity contribution in [2.24, 2.45) is 0 Å². The molecule has 0 aromatic carbocycles. The number of halogens is 1. The molecule has 0 bridgehead atoms. The predicted molar refractivity (Wildman–Crippen MR) is 59.3 cm³/mol. The third kappa shape index (κ3) is 2.00. The van der Waals surface area contributed by atoms with Gasteiger partial charge in [0.1, 0.15) is 0 Å². The molecule has 1 amide bonds. The minimum absolute atomic E-state index is 0.0526. The molecule has 15 heavy (non-hydrogen) atoms. The van der Waals surface area contributed by atoms with E-state index in [1.165, 1.54) is 0 Å². The molecule has 1 fully saturated rings. The van der Waals surface area contributed by atoms with E-state index in [2.05, 4.69) is 24.0 Å². The van der Waals surface area contributed by atoms with Crippen LogP contribution in [0.5, 0.6) is 0 Å². The van der Waals surface area contributed by atoms with Gasteiger partial charge in [0.2, 0.25) is 5.91 Å². The molecule has 0 radical (unpaired) electrons. The molecular formula is C10H14ClN3O. The monoisotopic (exact) mass is 227 g/mol. The number of nitrogens with one attached hydrogen (secondary N) is 1. The quantitative estimate of drug-likeness (QED) is 0.785. The van der Waals surface area contributed by atoms with Crippen molar-refractivity contribution in [1.82, 2.24) is 10.2 Å². The van der Waals surface area contributed by atoms with Gasteiger partial charge in [0.05, 0.1) is 5.38 Å². The van der Waals surface area contributed by atoms with Crippen molar-refractivity contribution >= 4 is 23.3 Å². The van der Waals surface area contributed by atoms with E-state index in [0.717, 1.165) is 5.69 Å². The first-order valence-electron chi connectivity index (χ1n) is 5.07. The van der Waals surface area contributed by atoms with Gasteiger partial charge in [-0.2, -0.15) is 5.10 Å². The fourth-order valence-corrected chi connectivity index (χ4v) is 1.91. The number of carbonyl (C=O) groups is 1. The molecule has 4 nitrogen and oxygen atoms in total. The van der Waals surface area contributed by atoms with Gasteiger partial charge >= 0.3 is 0 Å². The fourth-order valence-electron chi connectivity index (χ4n) is 1.64. The highest BCUT2D eigenvalue weighted by Crippen LogP contribution is 2.24. The summed E-state index contributed by atoms with van der Waals surface area (Å²) >= 11 is 5.92. The summed E-state index contributed by atoms with van der Waals surface area (Å²) in [6.07, 6.45) is 0.408. The summed E-state index contributed by atoms with van der Waals surface area (Å²) in [5.41, 5.74) is 1.04. The zero-order valence-electron chi connectivity index (χ0n) is 8.83. The Morgan fingerprint density at radius 3 is 2.87 bits per heavy atom. The normalized spacial score (nSPS) is 21.7. The van der Waals surface area contributed by atoms with Crippen LogP contribution < -0.4 is 4.90 Å². The Morgan fingerprint density at radius 1 is 1.67 bits per heavy atom. The van der Waals surface area contributed by atoms with E-state index in [4.69, 9.17) is 11.6 Å². The summed E-state index contributed by atoms with van der Waals surface area (Å²) in [6, 6.07) is 1.91. The van der Waals surface area contributed by atoms with Gasteiger partial charge in [0.25, 0.3) is 0 Å². The maximum absolute atomic E-state index is 11.6. The second-order valence-corrected chi connectivity index (χ2v) is 4.76. The molecule has 1 aromatic heterocycles. The Morgan fingerprint density at radius 2 is 2.40 bits per heavy atom. The van der Waals surface area contributed by atoms with E-state index in [-0.39, 0.29) is 11.3 Å². The Kier molecular flexibility index (Phi) is 2.69. The van der Waals surface area contributed by atoms with Crippen molar-refractivity contribution in [2.75, 3.05) is 11.4 Å². The smallest absolute Gasteiger partial charge is 0.229 e. The highest BCUT2D eigenvalue weighted by atomic mass is 35.5. The average molecular weight is 228 g/mol. The lowest BCUT2D eigenvalue weighted by atomic mass is 10.1. The number of H-pyrrole nitrogens is 1. The Balaban J connectivity index is 2.19. The third-order valence-electron chi connectivity index (χ3n) is 2.56. The lowest BCUT2D eigenvalue weighted by molar-refractivity contribution is -0.117. The Bertz CT molecular complexity index is 374. The van der Waals surface area contributed by atoms with Crippen LogP contribution in [0.15, 0.2) is 6.07 Å². The molecule has 5 heteroatoms. The van der Waals surface area contributed by atoms with Gasteiger partial charge in [-0.1, -0.05) is 13.8 Å². The summed E-state index contributed by atoms with van der Waals surface area (Å²) < 4.78 is 0. The minimum Gasteiger partial charge on any atom is -0.294 e. The number of aromatic amines is 1. The predicted octanol–water partition coefficient (Wildman–Crippen LogP) is 1.88. The molecule has 0 aliphatic carbocycles. The fraction of sp³-hybridized carbons (Fsp3) is 0.600. The van der Waals surface area contributed by atoms with E-state index in [1.807, 2.05) is 6.07 Å². The van der Waals surface area contributed by atoms with E-state index in [1.54, 1.807) is 4.90 Å². The van der Waals surface area contributed by atoms with E-state index in [0.29, 0.717) is 24.7 Å². The second kappa shape index (κ2) is 3.85. The van der Waals surface area contributed by atoms with Gasteiger partial charge in [-0.25, -0.2) is 0 Å². The Labute approximate surface area is 93.6 Å². The van der Waals surface area contributed by atoms with Crippen molar-refractivity contribution in [2.45, 2.75) is 31.6 Å². The number of carbonyl (C=O) groups excluding carboxylic acids is 1. The first-order valence-corrected chi connectivity index (χ1v) is 5.51. The van der Waals surface area contributed by atoms with Crippen LogP contribution in [0.3, 0.4) is 0 Å². The molecule has 0 spiro atoms. The average Bonchev–Trinajstić information content (AvgIpc) is 2.71. The molecule has 2 rings (SSSR count). The van der Waals surface area contributed by atoms with Crippen LogP contribution in [-0.2, 0) is 4.79 Å². The van der Waals surface area contributed by atoms with Crippen LogP contribution in [0.1, 0.15) is 31.9 Å². The van der Waals surface area contributed by atoms with Crippen LogP contribution in [-0.4, -0.2) is 28.0 Å². The van der Waals surface area contributed by atoms with Crippen molar-refractivity contribution in [3.05, 3.63) is 11.8 Å². The summed E-state index contributed by atoms with van der Waals surface area (Å²) in [5.74, 6) is 1.12. The lowest BCUT2D eigenvalue weighted by Crippen LogP contribution is -2.24. The van der Waals surface area contributed by atoms with Crippen molar-refractivity contribution in [1.29, 1.82) is 0 Å². The van der Waals surface area contributed by atoms with Crippen LogP contribution in [0.4, 0.5) is 5.82 Å². The molecular weight excluding hydrogens is 214 g/mol. The maximum atomic E-state index is 11.6. The number of aromatic nitrogens is 2. The number of rotatable bonds is 2. The van der Waals surface area contributed by atoms with Gasteiger partial charge < -0.3 is 0 Å². The maximum Gasteiger partial charge on any atom is 0.229 e. The SMILES string of the molecule is CC(C)c1cc(N2CC(Cl)CC2=O)n[nH]1. The zero-order valence-corrected chi connectivity index (χ0v) is 9.58. The topological polar surface area (TPSA) is 49.0 Å². The number of hydrogen-bond acceptors (Lipinski definition) is 2. The van der Waals surface area contributed by atoms with Crippen molar-refractivity contribution < 1.29 is 4.79 Å². The van der Waals surface area contributed by atoms with Gasteiger partial charge in [-0.15, -0.1) is 11.6 Å². The number of alkyl halides is 1. The van der Waals surface area contributed by atoms with E-state index < -0.39 is 0 Å². The molecule has 1 N–H and O–H groups in total. The van der Waals surface area contributed by atoms with Crippen LogP contribution in [0, 0.1) is 0 Å². The summed E-state index contributed by atoms with van der Waals surface area (Å²) in [7, 11) is 0. The number of nitrogens with zero attached hydrogens (tertiary/aromatic N) is 2. The molecule has 0 saturated carbocycles.